The molecular weight excluding hydrogens is 241 g/mol. The number of rotatable bonds is 3. The number of aromatic nitrogens is 2. The van der Waals surface area contributed by atoms with Gasteiger partial charge < -0.3 is 5.32 Å². The van der Waals surface area contributed by atoms with Crippen LogP contribution in [0.2, 0.25) is 0 Å². The van der Waals surface area contributed by atoms with Crippen molar-refractivity contribution >= 4 is 16.6 Å². The van der Waals surface area contributed by atoms with Crippen LogP contribution in [0.3, 0.4) is 0 Å². The third-order valence-corrected chi connectivity index (χ3v) is 2.97. The van der Waals surface area contributed by atoms with E-state index in [-0.39, 0.29) is 0 Å². The topological polar surface area (TPSA) is 37.8 Å². The van der Waals surface area contributed by atoms with E-state index in [0.29, 0.717) is 12.4 Å². The molecule has 1 heterocycles. The summed E-state index contributed by atoms with van der Waals surface area (Å²) < 4.78 is 13.0. The van der Waals surface area contributed by atoms with E-state index in [0.717, 1.165) is 5.56 Å². The van der Waals surface area contributed by atoms with Crippen LogP contribution in [-0.2, 0) is 6.54 Å². The zero-order valence-electron chi connectivity index (χ0n) is 10.2. The highest BCUT2D eigenvalue weighted by Crippen LogP contribution is 2.19. The second-order valence-electron chi connectivity index (χ2n) is 4.22. The maximum atomic E-state index is 13.0. The summed E-state index contributed by atoms with van der Waals surface area (Å²) >= 11 is 0. The van der Waals surface area contributed by atoms with Gasteiger partial charge in [-0.15, -0.1) is 0 Å². The van der Waals surface area contributed by atoms with E-state index in [2.05, 4.69) is 33.5 Å². The van der Waals surface area contributed by atoms with Gasteiger partial charge in [-0.05, 0) is 16.3 Å². The first-order valence-electron chi connectivity index (χ1n) is 6.01. The summed E-state index contributed by atoms with van der Waals surface area (Å²) in [6.45, 7) is 0.595. The molecule has 0 radical (unpaired) electrons. The van der Waals surface area contributed by atoms with Gasteiger partial charge in [-0.25, -0.2) is 9.97 Å². The van der Waals surface area contributed by atoms with Crippen LogP contribution >= 0.6 is 0 Å². The van der Waals surface area contributed by atoms with Gasteiger partial charge in [0.1, 0.15) is 12.1 Å². The maximum absolute atomic E-state index is 13.0. The molecule has 1 N–H and O–H groups in total. The van der Waals surface area contributed by atoms with E-state index in [1.165, 1.54) is 23.2 Å². The first-order chi connectivity index (χ1) is 9.33. The Morgan fingerprint density at radius 1 is 1.00 bits per heavy atom. The average Bonchev–Trinajstić information content (AvgIpc) is 2.45. The number of anilines is 1. The van der Waals surface area contributed by atoms with Crippen molar-refractivity contribution in [3.63, 3.8) is 0 Å². The Morgan fingerprint density at radius 3 is 2.74 bits per heavy atom. The largest absolute Gasteiger partial charge is 0.366 e. The van der Waals surface area contributed by atoms with Crippen LogP contribution in [0.15, 0.2) is 54.9 Å². The van der Waals surface area contributed by atoms with Gasteiger partial charge in [0, 0.05) is 12.6 Å². The molecule has 0 aliphatic rings. The van der Waals surface area contributed by atoms with Crippen LogP contribution in [0.4, 0.5) is 10.2 Å². The maximum Gasteiger partial charge on any atom is 0.217 e. The van der Waals surface area contributed by atoms with Gasteiger partial charge in [0.05, 0.1) is 0 Å². The SMILES string of the molecule is Fc1cc(NCc2cccc3ccccc23)ncn1. The number of hydrogen-bond acceptors (Lipinski definition) is 3. The fraction of sp³-hybridized carbons (Fsp3) is 0.0667. The van der Waals surface area contributed by atoms with Crippen molar-refractivity contribution in [1.82, 2.24) is 9.97 Å². The van der Waals surface area contributed by atoms with Gasteiger partial charge in [-0.2, -0.15) is 4.39 Å². The predicted molar refractivity (Wildman–Crippen MR) is 73.3 cm³/mol. The van der Waals surface area contributed by atoms with Gasteiger partial charge in [0.2, 0.25) is 5.95 Å². The third-order valence-electron chi connectivity index (χ3n) is 2.97. The molecule has 0 atom stereocenters. The number of halogens is 1. The van der Waals surface area contributed by atoms with Crippen molar-refractivity contribution in [3.05, 3.63) is 66.4 Å². The van der Waals surface area contributed by atoms with E-state index in [1.807, 2.05) is 24.3 Å². The lowest BCUT2D eigenvalue weighted by Gasteiger charge is -2.08. The summed E-state index contributed by atoms with van der Waals surface area (Å²) in [7, 11) is 0. The zero-order valence-corrected chi connectivity index (χ0v) is 10.2. The Kier molecular flexibility index (Phi) is 3.06. The Balaban J connectivity index is 1.86. The highest BCUT2D eigenvalue weighted by Gasteiger charge is 2.01. The third kappa shape index (κ3) is 2.52. The van der Waals surface area contributed by atoms with Crippen molar-refractivity contribution < 1.29 is 4.39 Å². The van der Waals surface area contributed by atoms with Crippen molar-refractivity contribution in [2.75, 3.05) is 5.32 Å². The lowest BCUT2D eigenvalue weighted by Crippen LogP contribution is -2.02. The van der Waals surface area contributed by atoms with Crippen LogP contribution in [-0.4, -0.2) is 9.97 Å². The molecular formula is C15H12FN3. The van der Waals surface area contributed by atoms with Crippen LogP contribution < -0.4 is 5.32 Å². The summed E-state index contributed by atoms with van der Waals surface area (Å²) in [6.07, 6.45) is 1.21. The van der Waals surface area contributed by atoms with E-state index >= 15 is 0 Å². The fourth-order valence-electron chi connectivity index (χ4n) is 2.06. The van der Waals surface area contributed by atoms with Crippen LogP contribution in [0.5, 0.6) is 0 Å². The van der Waals surface area contributed by atoms with Crippen LogP contribution in [0.1, 0.15) is 5.56 Å². The van der Waals surface area contributed by atoms with Gasteiger partial charge in [0.15, 0.2) is 0 Å². The van der Waals surface area contributed by atoms with Crippen LogP contribution in [0.25, 0.3) is 10.8 Å². The minimum atomic E-state index is -0.532. The van der Waals surface area contributed by atoms with E-state index < -0.39 is 5.95 Å². The minimum absolute atomic E-state index is 0.487. The summed E-state index contributed by atoms with van der Waals surface area (Å²) in [5.41, 5.74) is 1.15. The summed E-state index contributed by atoms with van der Waals surface area (Å²) in [4.78, 5) is 7.40. The summed E-state index contributed by atoms with van der Waals surface area (Å²) in [6, 6.07) is 15.6. The Bertz CT molecular complexity index is 707. The summed E-state index contributed by atoms with van der Waals surface area (Å²) in [5.74, 6) is -0.0455. The van der Waals surface area contributed by atoms with E-state index in [4.69, 9.17) is 0 Å². The molecule has 19 heavy (non-hydrogen) atoms. The molecule has 0 saturated carbocycles. The molecule has 3 aromatic rings. The molecule has 0 unspecified atom stereocenters. The predicted octanol–water partition coefficient (Wildman–Crippen LogP) is 3.38. The molecule has 4 heteroatoms. The summed E-state index contributed by atoms with van der Waals surface area (Å²) in [5, 5.41) is 5.48. The molecule has 3 rings (SSSR count). The first-order valence-corrected chi connectivity index (χ1v) is 6.01. The molecule has 0 bridgehead atoms. The van der Waals surface area contributed by atoms with Crippen molar-refractivity contribution in [1.29, 1.82) is 0 Å². The lowest BCUT2D eigenvalue weighted by atomic mass is 10.0. The van der Waals surface area contributed by atoms with Crippen molar-refractivity contribution in [2.45, 2.75) is 6.54 Å². The smallest absolute Gasteiger partial charge is 0.217 e. The second kappa shape index (κ2) is 5.02. The highest BCUT2D eigenvalue weighted by molar-refractivity contribution is 5.85. The molecule has 1 aromatic heterocycles. The molecule has 0 fully saturated rings. The number of nitrogens with zero attached hydrogens (tertiary/aromatic N) is 2. The standard InChI is InChI=1S/C15H12FN3/c16-14-8-15(19-10-18-14)17-9-12-6-3-5-11-4-1-2-7-13(11)12/h1-8,10H,9H2,(H,17,18,19). The van der Waals surface area contributed by atoms with Gasteiger partial charge in [0.25, 0.3) is 0 Å². The quantitative estimate of drug-likeness (QED) is 0.727. The van der Waals surface area contributed by atoms with Gasteiger partial charge >= 0.3 is 0 Å². The van der Waals surface area contributed by atoms with Crippen LogP contribution in [0, 0.1) is 5.95 Å². The van der Waals surface area contributed by atoms with E-state index in [1.54, 1.807) is 0 Å². The molecule has 0 saturated heterocycles. The first kappa shape index (κ1) is 11.6. The van der Waals surface area contributed by atoms with Crippen molar-refractivity contribution in [3.8, 4) is 0 Å². The van der Waals surface area contributed by atoms with E-state index in [9.17, 15) is 4.39 Å². The fourth-order valence-corrected chi connectivity index (χ4v) is 2.06. The van der Waals surface area contributed by atoms with Crippen molar-refractivity contribution in [2.24, 2.45) is 0 Å². The monoisotopic (exact) mass is 253 g/mol. The van der Waals surface area contributed by atoms with Gasteiger partial charge in [-0.3, -0.25) is 0 Å². The van der Waals surface area contributed by atoms with Gasteiger partial charge in [-0.1, -0.05) is 42.5 Å². The molecule has 2 aromatic carbocycles. The lowest BCUT2D eigenvalue weighted by molar-refractivity contribution is 0.580. The molecule has 0 aliphatic heterocycles. The molecule has 0 spiro atoms. The molecule has 3 nitrogen and oxygen atoms in total. The Labute approximate surface area is 110 Å². The molecule has 0 amide bonds. The molecule has 0 aliphatic carbocycles. The zero-order chi connectivity index (χ0) is 13.1. The minimum Gasteiger partial charge on any atom is -0.366 e. The Hall–Kier alpha value is -2.49. The number of nitrogens with one attached hydrogen (secondary N) is 1. The number of fused-ring (bicyclic) bond motifs is 1. The average molecular weight is 253 g/mol. The normalized spacial score (nSPS) is 10.6. The number of hydrogen-bond donors (Lipinski definition) is 1. The highest BCUT2D eigenvalue weighted by atomic mass is 19.1. The second-order valence-corrected chi connectivity index (χ2v) is 4.22. The Morgan fingerprint density at radius 2 is 1.84 bits per heavy atom. The number of benzene rings is 2. The molecule has 94 valence electrons.